The second kappa shape index (κ2) is 6.07. The summed E-state index contributed by atoms with van der Waals surface area (Å²) < 4.78 is 14.7. The molecule has 0 fully saturated rings. The standard InChI is InChI=1S/C18H15BrFN3OS/c1-8-5-11(19)15(12(20)6-8)23-17(24)16-14(21)10-7-9-3-2-4-13(9)22-18(10)25-16/h5-7H,2-4,21H2,1H3,(H,23,24). The molecule has 128 valence electrons. The number of fused-ring (bicyclic) bond motifs is 2. The van der Waals surface area contributed by atoms with Gasteiger partial charge in [-0.25, -0.2) is 9.37 Å². The molecule has 0 unspecified atom stereocenters. The number of pyridine rings is 1. The average Bonchev–Trinajstić information content (AvgIpc) is 3.13. The van der Waals surface area contributed by atoms with E-state index in [1.165, 1.54) is 23.0 Å². The van der Waals surface area contributed by atoms with E-state index in [2.05, 4.69) is 26.2 Å². The number of amides is 1. The van der Waals surface area contributed by atoms with E-state index in [9.17, 15) is 9.18 Å². The molecular weight excluding hydrogens is 405 g/mol. The number of nitrogens with zero attached hydrogens (tertiary/aromatic N) is 1. The number of aryl methyl sites for hydroxylation is 3. The fourth-order valence-electron chi connectivity index (χ4n) is 3.16. The van der Waals surface area contributed by atoms with Crippen molar-refractivity contribution >= 4 is 54.8 Å². The largest absolute Gasteiger partial charge is 0.397 e. The van der Waals surface area contributed by atoms with Gasteiger partial charge in [-0.1, -0.05) is 0 Å². The van der Waals surface area contributed by atoms with E-state index in [1.807, 2.05) is 6.07 Å². The zero-order valence-corrected chi connectivity index (χ0v) is 15.9. The van der Waals surface area contributed by atoms with Crippen LogP contribution in [0, 0.1) is 12.7 Å². The van der Waals surface area contributed by atoms with Crippen molar-refractivity contribution in [3.05, 3.63) is 50.2 Å². The van der Waals surface area contributed by atoms with E-state index >= 15 is 0 Å². The molecule has 0 radical (unpaired) electrons. The van der Waals surface area contributed by atoms with Crippen molar-refractivity contribution in [1.29, 1.82) is 0 Å². The van der Waals surface area contributed by atoms with Gasteiger partial charge >= 0.3 is 0 Å². The van der Waals surface area contributed by atoms with E-state index in [-0.39, 0.29) is 5.69 Å². The Morgan fingerprint density at radius 3 is 2.92 bits per heavy atom. The number of anilines is 2. The highest BCUT2D eigenvalue weighted by Gasteiger charge is 2.22. The Morgan fingerprint density at radius 2 is 2.16 bits per heavy atom. The predicted octanol–water partition coefficient (Wildman–Crippen LogP) is 4.83. The van der Waals surface area contributed by atoms with Gasteiger partial charge in [0.15, 0.2) is 0 Å². The molecule has 4 nitrogen and oxygen atoms in total. The summed E-state index contributed by atoms with van der Waals surface area (Å²) in [6, 6.07) is 5.16. The van der Waals surface area contributed by atoms with Crippen LogP contribution in [0.3, 0.4) is 0 Å². The fraction of sp³-hybridized carbons (Fsp3) is 0.222. The van der Waals surface area contributed by atoms with Crippen molar-refractivity contribution in [3.8, 4) is 0 Å². The predicted molar refractivity (Wildman–Crippen MR) is 103 cm³/mol. The number of hydrogen-bond donors (Lipinski definition) is 2. The van der Waals surface area contributed by atoms with Gasteiger partial charge in [0.05, 0.1) is 11.4 Å². The molecule has 0 bridgehead atoms. The Kier molecular flexibility index (Phi) is 4.00. The van der Waals surface area contributed by atoms with Crippen LogP contribution in [0.15, 0.2) is 22.7 Å². The summed E-state index contributed by atoms with van der Waals surface area (Å²) >= 11 is 4.54. The molecule has 2 aromatic heterocycles. The Bertz CT molecular complexity index is 1010. The number of nitrogens with two attached hydrogens (primary N) is 1. The molecule has 1 aromatic carbocycles. The highest BCUT2D eigenvalue weighted by Crippen LogP contribution is 2.37. The lowest BCUT2D eigenvalue weighted by Crippen LogP contribution is -2.13. The molecule has 1 amide bonds. The number of carbonyl (C=O) groups is 1. The maximum atomic E-state index is 14.2. The SMILES string of the molecule is Cc1cc(F)c(NC(=O)c2sc3nc4c(cc3c2N)CCC4)c(Br)c1. The molecule has 3 N–H and O–H groups in total. The first-order chi connectivity index (χ1) is 11.9. The van der Waals surface area contributed by atoms with Gasteiger partial charge in [-0.2, -0.15) is 0 Å². The van der Waals surface area contributed by atoms with E-state index in [1.54, 1.807) is 13.0 Å². The zero-order valence-electron chi connectivity index (χ0n) is 13.5. The highest BCUT2D eigenvalue weighted by atomic mass is 79.9. The molecule has 0 saturated carbocycles. The van der Waals surface area contributed by atoms with Crippen molar-refractivity contribution in [1.82, 2.24) is 4.98 Å². The molecule has 7 heteroatoms. The molecule has 2 heterocycles. The Labute approximate surface area is 156 Å². The van der Waals surface area contributed by atoms with Gasteiger partial charge in [0.2, 0.25) is 0 Å². The van der Waals surface area contributed by atoms with Crippen molar-refractivity contribution < 1.29 is 9.18 Å². The van der Waals surface area contributed by atoms with Gasteiger partial charge in [0.1, 0.15) is 15.5 Å². The summed E-state index contributed by atoms with van der Waals surface area (Å²) in [7, 11) is 0. The number of halogens is 2. The monoisotopic (exact) mass is 419 g/mol. The van der Waals surface area contributed by atoms with Gasteiger partial charge in [0.25, 0.3) is 5.91 Å². The van der Waals surface area contributed by atoms with Gasteiger partial charge in [0, 0.05) is 15.6 Å². The van der Waals surface area contributed by atoms with E-state index in [4.69, 9.17) is 5.73 Å². The number of thiophene rings is 1. The van der Waals surface area contributed by atoms with E-state index in [0.717, 1.165) is 40.7 Å². The van der Waals surface area contributed by atoms with Gasteiger partial charge in [-0.3, -0.25) is 4.79 Å². The number of hydrogen-bond acceptors (Lipinski definition) is 4. The van der Waals surface area contributed by atoms with Crippen molar-refractivity contribution in [2.75, 3.05) is 11.1 Å². The van der Waals surface area contributed by atoms with Crippen LogP contribution < -0.4 is 11.1 Å². The van der Waals surface area contributed by atoms with Crippen LogP contribution in [0.25, 0.3) is 10.2 Å². The molecule has 1 aliphatic rings. The summed E-state index contributed by atoms with van der Waals surface area (Å²) in [5, 5.41) is 3.43. The molecule has 25 heavy (non-hydrogen) atoms. The quantitative estimate of drug-likeness (QED) is 0.624. The number of nitrogen functional groups attached to an aromatic ring is 1. The van der Waals surface area contributed by atoms with Crippen molar-refractivity contribution in [2.45, 2.75) is 26.2 Å². The number of benzene rings is 1. The van der Waals surface area contributed by atoms with Crippen LogP contribution >= 0.6 is 27.3 Å². The molecule has 4 rings (SSSR count). The number of aromatic nitrogens is 1. The lowest BCUT2D eigenvalue weighted by Gasteiger charge is -2.09. The third-order valence-electron chi connectivity index (χ3n) is 4.38. The van der Waals surface area contributed by atoms with Crippen LogP contribution in [0.5, 0.6) is 0 Å². The first-order valence-electron chi connectivity index (χ1n) is 7.92. The molecule has 3 aromatic rings. The minimum atomic E-state index is -0.489. The number of carbonyl (C=O) groups excluding carboxylic acids is 1. The van der Waals surface area contributed by atoms with Crippen LogP contribution in [-0.4, -0.2) is 10.9 Å². The van der Waals surface area contributed by atoms with Gasteiger partial charge < -0.3 is 11.1 Å². The topological polar surface area (TPSA) is 68.0 Å². The Balaban J connectivity index is 1.72. The van der Waals surface area contributed by atoms with Crippen LogP contribution in [0.1, 0.15) is 32.9 Å². The lowest BCUT2D eigenvalue weighted by molar-refractivity contribution is 0.103. The van der Waals surface area contributed by atoms with Crippen molar-refractivity contribution in [2.24, 2.45) is 0 Å². The lowest BCUT2D eigenvalue weighted by atomic mass is 10.1. The van der Waals surface area contributed by atoms with Gasteiger partial charge in [-0.15, -0.1) is 11.3 Å². The summed E-state index contributed by atoms with van der Waals surface area (Å²) in [4.78, 5) is 18.4. The average molecular weight is 420 g/mol. The summed E-state index contributed by atoms with van der Waals surface area (Å²) in [5.41, 5.74) is 9.77. The third kappa shape index (κ3) is 2.81. The zero-order chi connectivity index (χ0) is 17.7. The first kappa shape index (κ1) is 16.5. The number of rotatable bonds is 2. The Morgan fingerprint density at radius 1 is 1.36 bits per heavy atom. The van der Waals surface area contributed by atoms with Crippen LogP contribution in [0.4, 0.5) is 15.8 Å². The highest BCUT2D eigenvalue weighted by molar-refractivity contribution is 9.10. The smallest absolute Gasteiger partial charge is 0.268 e. The summed E-state index contributed by atoms with van der Waals surface area (Å²) in [6.45, 7) is 1.79. The van der Waals surface area contributed by atoms with Crippen LogP contribution in [0.2, 0.25) is 0 Å². The fourth-order valence-corrected chi connectivity index (χ4v) is 4.80. The number of nitrogens with one attached hydrogen (secondary N) is 1. The molecular formula is C18H15BrFN3OS. The third-order valence-corrected chi connectivity index (χ3v) is 6.12. The minimum absolute atomic E-state index is 0.114. The molecule has 0 saturated heterocycles. The van der Waals surface area contributed by atoms with E-state index < -0.39 is 11.7 Å². The first-order valence-corrected chi connectivity index (χ1v) is 9.52. The summed E-state index contributed by atoms with van der Waals surface area (Å²) in [6.07, 6.45) is 3.07. The van der Waals surface area contributed by atoms with E-state index in [0.29, 0.717) is 15.0 Å². The summed E-state index contributed by atoms with van der Waals surface area (Å²) in [5.74, 6) is -0.916. The second-order valence-electron chi connectivity index (χ2n) is 6.20. The maximum Gasteiger partial charge on any atom is 0.268 e. The normalized spacial score (nSPS) is 13.2. The minimum Gasteiger partial charge on any atom is -0.397 e. The molecule has 0 aliphatic heterocycles. The van der Waals surface area contributed by atoms with Crippen molar-refractivity contribution in [3.63, 3.8) is 0 Å². The second-order valence-corrected chi connectivity index (χ2v) is 8.06. The molecule has 0 atom stereocenters. The molecule has 0 spiro atoms. The maximum absolute atomic E-state index is 14.2. The Hall–Kier alpha value is -1.99. The van der Waals surface area contributed by atoms with Gasteiger partial charge in [-0.05, 0) is 71.4 Å². The van der Waals surface area contributed by atoms with Crippen LogP contribution in [-0.2, 0) is 12.8 Å². The molecule has 1 aliphatic carbocycles.